The molecule has 0 spiro atoms. The predicted octanol–water partition coefficient (Wildman–Crippen LogP) is 2.32. The molecule has 2 aliphatic carbocycles. The number of hydrogen-bond donors (Lipinski definition) is 2. The molecule has 1 atom stereocenters. The summed E-state index contributed by atoms with van der Waals surface area (Å²) in [7, 11) is 0. The van der Waals surface area contributed by atoms with Crippen LogP contribution in [0.4, 0.5) is 4.79 Å². The van der Waals surface area contributed by atoms with Crippen molar-refractivity contribution in [3.8, 4) is 0 Å². The first kappa shape index (κ1) is 15.1. The minimum absolute atomic E-state index is 0.00682. The summed E-state index contributed by atoms with van der Waals surface area (Å²) in [6, 6.07) is -0.00682. The zero-order valence-electron chi connectivity index (χ0n) is 12.3. The summed E-state index contributed by atoms with van der Waals surface area (Å²) in [5, 5.41) is 11.7. The van der Waals surface area contributed by atoms with Gasteiger partial charge in [0.25, 0.3) is 0 Å². The first-order valence-corrected chi connectivity index (χ1v) is 7.83. The van der Waals surface area contributed by atoms with Crippen LogP contribution in [-0.2, 0) is 4.79 Å². The van der Waals surface area contributed by atoms with Crippen LogP contribution >= 0.6 is 0 Å². The Balaban J connectivity index is 1.75. The molecule has 2 rings (SSSR count). The molecule has 5 nitrogen and oxygen atoms in total. The van der Waals surface area contributed by atoms with Crippen LogP contribution in [-0.4, -0.2) is 41.6 Å². The summed E-state index contributed by atoms with van der Waals surface area (Å²) in [6.45, 7) is 4.18. The number of carbonyl (C=O) groups is 2. The fourth-order valence-corrected chi connectivity index (χ4v) is 2.42. The Labute approximate surface area is 120 Å². The van der Waals surface area contributed by atoms with E-state index < -0.39 is 5.97 Å². The van der Waals surface area contributed by atoms with Gasteiger partial charge in [-0.25, -0.2) is 4.79 Å². The van der Waals surface area contributed by atoms with Crippen LogP contribution in [0, 0.1) is 17.8 Å². The lowest BCUT2D eigenvalue weighted by Crippen LogP contribution is -2.44. The highest BCUT2D eigenvalue weighted by Crippen LogP contribution is 2.33. The van der Waals surface area contributed by atoms with Crippen molar-refractivity contribution >= 4 is 12.0 Å². The van der Waals surface area contributed by atoms with E-state index in [1.54, 1.807) is 0 Å². The van der Waals surface area contributed by atoms with Crippen molar-refractivity contribution in [2.75, 3.05) is 19.6 Å². The van der Waals surface area contributed by atoms with Crippen molar-refractivity contribution in [3.05, 3.63) is 0 Å². The summed E-state index contributed by atoms with van der Waals surface area (Å²) in [4.78, 5) is 24.9. The van der Waals surface area contributed by atoms with E-state index in [1.165, 1.54) is 25.7 Å². The Bertz CT molecular complexity index is 337. The zero-order valence-corrected chi connectivity index (χ0v) is 12.3. The Morgan fingerprint density at radius 3 is 2.15 bits per heavy atom. The molecule has 114 valence electrons. The Morgan fingerprint density at radius 1 is 1.20 bits per heavy atom. The largest absolute Gasteiger partial charge is 0.481 e. The van der Waals surface area contributed by atoms with Crippen molar-refractivity contribution in [1.29, 1.82) is 0 Å². The molecule has 0 saturated heterocycles. The van der Waals surface area contributed by atoms with E-state index in [4.69, 9.17) is 5.11 Å². The molecule has 2 N–H and O–H groups in total. The molecule has 0 heterocycles. The van der Waals surface area contributed by atoms with Gasteiger partial charge in [0.1, 0.15) is 0 Å². The molecular formula is C15H26N2O3. The summed E-state index contributed by atoms with van der Waals surface area (Å²) >= 11 is 0. The number of hydrogen-bond acceptors (Lipinski definition) is 2. The van der Waals surface area contributed by atoms with Gasteiger partial charge in [0.05, 0.1) is 0 Å². The molecule has 2 fully saturated rings. The monoisotopic (exact) mass is 282 g/mol. The fraction of sp³-hybridized carbons (Fsp3) is 0.867. The van der Waals surface area contributed by atoms with E-state index in [0.29, 0.717) is 18.4 Å². The lowest BCUT2D eigenvalue weighted by molar-refractivity contribution is -0.138. The molecule has 2 saturated carbocycles. The van der Waals surface area contributed by atoms with E-state index in [2.05, 4.69) is 5.32 Å². The summed E-state index contributed by atoms with van der Waals surface area (Å²) in [5.41, 5.74) is 0. The van der Waals surface area contributed by atoms with Gasteiger partial charge in [0.15, 0.2) is 0 Å². The molecule has 20 heavy (non-hydrogen) atoms. The van der Waals surface area contributed by atoms with E-state index >= 15 is 0 Å². The number of amides is 2. The molecule has 2 amide bonds. The Morgan fingerprint density at radius 2 is 1.75 bits per heavy atom. The number of nitrogens with one attached hydrogen (secondary N) is 1. The topological polar surface area (TPSA) is 69.6 Å². The maximum atomic E-state index is 12.2. The van der Waals surface area contributed by atoms with Gasteiger partial charge >= 0.3 is 12.0 Å². The molecule has 0 aromatic rings. The number of nitrogens with zero attached hydrogens (tertiary/aromatic N) is 1. The molecule has 1 unspecified atom stereocenters. The molecule has 0 radical (unpaired) electrons. The predicted molar refractivity (Wildman–Crippen MR) is 76.5 cm³/mol. The van der Waals surface area contributed by atoms with Crippen LogP contribution < -0.4 is 5.32 Å². The van der Waals surface area contributed by atoms with Gasteiger partial charge in [-0.3, -0.25) is 4.79 Å². The lowest BCUT2D eigenvalue weighted by atomic mass is 10.0. The average Bonchev–Trinajstić information content (AvgIpc) is 3.27. The van der Waals surface area contributed by atoms with Crippen molar-refractivity contribution in [1.82, 2.24) is 10.2 Å². The van der Waals surface area contributed by atoms with Crippen LogP contribution in [0.25, 0.3) is 0 Å². The Hall–Kier alpha value is -1.26. The van der Waals surface area contributed by atoms with Crippen molar-refractivity contribution in [3.63, 3.8) is 0 Å². The third-order valence-corrected chi connectivity index (χ3v) is 4.22. The molecule has 5 heteroatoms. The second-order valence-electron chi connectivity index (χ2n) is 6.35. The molecular weight excluding hydrogens is 256 g/mol. The van der Waals surface area contributed by atoms with Gasteiger partial charge in [-0.2, -0.15) is 0 Å². The van der Waals surface area contributed by atoms with Gasteiger partial charge in [-0.1, -0.05) is 13.3 Å². The number of carboxylic acid groups (broad SMARTS) is 1. The normalized spacial score (nSPS) is 19.4. The SMILES string of the molecule is CCC(CNC(=O)N(CC1CC1)CC1CC1)CC(=O)O. The third-order valence-electron chi connectivity index (χ3n) is 4.22. The standard InChI is InChI=1S/C15H26N2O3/c1-2-11(7-14(18)19)8-16-15(20)17(9-12-3-4-12)10-13-5-6-13/h11-13H,2-10H2,1H3,(H,16,20)(H,18,19). The number of urea groups is 1. The van der Waals surface area contributed by atoms with Gasteiger partial charge in [0.2, 0.25) is 0 Å². The van der Waals surface area contributed by atoms with Crippen LogP contribution in [0.2, 0.25) is 0 Å². The number of rotatable bonds is 9. The molecule has 0 aromatic carbocycles. The van der Waals surface area contributed by atoms with Crippen molar-refractivity contribution in [2.24, 2.45) is 17.8 Å². The first-order chi connectivity index (χ1) is 9.58. The maximum absolute atomic E-state index is 12.2. The van der Waals surface area contributed by atoms with E-state index in [-0.39, 0.29) is 18.4 Å². The van der Waals surface area contributed by atoms with Gasteiger partial charge in [-0.05, 0) is 43.4 Å². The summed E-state index contributed by atoms with van der Waals surface area (Å²) < 4.78 is 0. The van der Waals surface area contributed by atoms with E-state index in [9.17, 15) is 9.59 Å². The highest BCUT2D eigenvalue weighted by atomic mass is 16.4. The van der Waals surface area contributed by atoms with Crippen LogP contribution in [0.3, 0.4) is 0 Å². The number of carboxylic acids is 1. The number of carbonyl (C=O) groups excluding carboxylic acids is 1. The van der Waals surface area contributed by atoms with Crippen molar-refractivity contribution in [2.45, 2.75) is 45.4 Å². The second kappa shape index (κ2) is 6.95. The quantitative estimate of drug-likeness (QED) is 0.682. The fourth-order valence-electron chi connectivity index (χ4n) is 2.42. The van der Waals surface area contributed by atoms with Crippen LogP contribution in [0.15, 0.2) is 0 Å². The summed E-state index contributed by atoms with van der Waals surface area (Å²) in [5.74, 6) is 0.625. The zero-order chi connectivity index (χ0) is 14.5. The van der Waals surface area contributed by atoms with Gasteiger partial charge in [0, 0.05) is 26.1 Å². The maximum Gasteiger partial charge on any atom is 0.317 e. The minimum Gasteiger partial charge on any atom is -0.481 e. The minimum atomic E-state index is -0.793. The molecule has 0 aliphatic heterocycles. The first-order valence-electron chi connectivity index (χ1n) is 7.83. The van der Waals surface area contributed by atoms with Crippen molar-refractivity contribution < 1.29 is 14.7 Å². The number of aliphatic carboxylic acids is 1. The van der Waals surface area contributed by atoms with Crippen LogP contribution in [0.1, 0.15) is 45.4 Å². The average molecular weight is 282 g/mol. The van der Waals surface area contributed by atoms with Gasteiger partial charge < -0.3 is 15.3 Å². The molecule has 0 aromatic heterocycles. The second-order valence-corrected chi connectivity index (χ2v) is 6.35. The highest BCUT2D eigenvalue weighted by molar-refractivity contribution is 5.74. The van der Waals surface area contributed by atoms with E-state index in [1.807, 2.05) is 11.8 Å². The highest BCUT2D eigenvalue weighted by Gasteiger charge is 2.31. The molecule has 0 bridgehead atoms. The molecule has 2 aliphatic rings. The third kappa shape index (κ3) is 5.39. The van der Waals surface area contributed by atoms with Crippen LogP contribution in [0.5, 0.6) is 0 Å². The van der Waals surface area contributed by atoms with E-state index in [0.717, 1.165) is 19.5 Å². The summed E-state index contributed by atoms with van der Waals surface area (Å²) in [6.07, 6.45) is 5.87. The smallest absolute Gasteiger partial charge is 0.317 e. The van der Waals surface area contributed by atoms with Gasteiger partial charge in [-0.15, -0.1) is 0 Å². The Kier molecular flexibility index (Phi) is 5.26. The lowest BCUT2D eigenvalue weighted by Gasteiger charge is -2.24.